The van der Waals surface area contributed by atoms with Crippen LogP contribution in [-0.2, 0) is 17.9 Å². The van der Waals surface area contributed by atoms with E-state index >= 15 is 0 Å². The summed E-state index contributed by atoms with van der Waals surface area (Å²) in [5.41, 5.74) is 4.83. The normalized spacial score (nSPS) is 11.8. The number of hydrogen-bond donors (Lipinski definition) is 1. The molecule has 0 bridgehead atoms. The van der Waals surface area contributed by atoms with Crippen LogP contribution in [0, 0.1) is 6.92 Å². The molecule has 1 N–H and O–H groups in total. The molecule has 2 aromatic carbocycles. The van der Waals surface area contributed by atoms with Gasteiger partial charge in [0.25, 0.3) is 0 Å². The first-order valence-electron chi connectivity index (χ1n) is 12.5. The molecule has 0 fully saturated rings. The van der Waals surface area contributed by atoms with Crippen molar-refractivity contribution in [1.29, 1.82) is 0 Å². The van der Waals surface area contributed by atoms with Crippen molar-refractivity contribution in [2.75, 3.05) is 0 Å². The molecule has 0 aliphatic rings. The van der Waals surface area contributed by atoms with E-state index in [0.29, 0.717) is 41.8 Å². The Kier molecular flexibility index (Phi) is 7.31. The largest absolute Gasteiger partial charge is 0.481 e. The minimum Gasteiger partial charge on any atom is -0.481 e. The Morgan fingerprint density at radius 1 is 1.03 bits per heavy atom. The van der Waals surface area contributed by atoms with Crippen LogP contribution >= 0.6 is 0 Å². The molecule has 0 spiro atoms. The molecular weight excluding hydrogens is 480 g/mol. The van der Waals surface area contributed by atoms with E-state index in [1.807, 2.05) is 86.8 Å². The number of carbonyl (C=O) groups is 1. The fraction of sp³-hybridized carbons (Fsp3) is 0.200. The maximum Gasteiger partial charge on any atom is 0.311 e. The van der Waals surface area contributed by atoms with E-state index in [4.69, 9.17) is 14.3 Å². The fourth-order valence-electron chi connectivity index (χ4n) is 4.31. The predicted molar refractivity (Wildman–Crippen MR) is 143 cm³/mol. The fourth-order valence-corrected chi connectivity index (χ4v) is 4.31. The van der Waals surface area contributed by atoms with Crippen molar-refractivity contribution in [1.82, 2.24) is 19.7 Å². The molecule has 5 rings (SSSR count). The monoisotopic (exact) mass is 508 g/mol. The predicted octanol–water partition coefficient (Wildman–Crippen LogP) is 6.11. The average Bonchev–Trinajstić information content (AvgIpc) is 3.53. The highest BCUT2D eigenvalue weighted by atomic mass is 16.5. The number of carboxylic acid groups (broad SMARTS) is 1. The van der Waals surface area contributed by atoms with Gasteiger partial charge in [0.2, 0.25) is 11.8 Å². The van der Waals surface area contributed by atoms with Crippen LogP contribution in [0.15, 0.2) is 89.6 Å². The molecule has 0 amide bonds. The van der Waals surface area contributed by atoms with Crippen molar-refractivity contribution in [2.24, 2.45) is 0 Å². The summed E-state index contributed by atoms with van der Waals surface area (Å²) in [6, 6.07) is 23.1. The number of aliphatic carboxylic acids is 1. The lowest BCUT2D eigenvalue weighted by Crippen LogP contribution is -2.10. The zero-order valence-electron chi connectivity index (χ0n) is 21.2. The zero-order chi connectivity index (χ0) is 26.5. The second-order valence-corrected chi connectivity index (χ2v) is 8.98. The maximum absolute atomic E-state index is 11.9. The third-order valence-electron chi connectivity index (χ3n) is 6.33. The lowest BCUT2D eigenvalue weighted by molar-refractivity contribution is -0.138. The number of carboxylic acids is 1. The molecule has 1 unspecified atom stereocenters. The van der Waals surface area contributed by atoms with E-state index in [1.165, 1.54) is 0 Å². The summed E-state index contributed by atoms with van der Waals surface area (Å²) in [7, 11) is 0. The molecule has 3 aromatic heterocycles. The van der Waals surface area contributed by atoms with Gasteiger partial charge in [0.1, 0.15) is 18.1 Å². The minimum absolute atomic E-state index is 0.241. The van der Waals surface area contributed by atoms with E-state index in [-0.39, 0.29) is 6.61 Å². The first-order valence-corrected chi connectivity index (χ1v) is 12.5. The van der Waals surface area contributed by atoms with Crippen LogP contribution in [0.1, 0.15) is 41.8 Å². The molecule has 3 heterocycles. The second kappa shape index (κ2) is 11.1. The van der Waals surface area contributed by atoms with E-state index in [9.17, 15) is 9.90 Å². The summed E-state index contributed by atoms with van der Waals surface area (Å²) in [5.74, 6) is 0.254. The number of ether oxygens (including phenoxy) is 1. The lowest BCUT2D eigenvalue weighted by atomic mass is 9.94. The van der Waals surface area contributed by atoms with Gasteiger partial charge in [-0.25, -0.2) is 9.97 Å². The summed E-state index contributed by atoms with van der Waals surface area (Å²) in [5, 5.41) is 14.5. The number of hydrogen-bond acceptors (Lipinski definition) is 6. The maximum atomic E-state index is 11.9. The number of rotatable bonds is 10. The summed E-state index contributed by atoms with van der Waals surface area (Å²) in [4.78, 5) is 20.9. The van der Waals surface area contributed by atoms with Gasteiger partial charge >= 0.3 is 5.97 Å². The van der Waals surface area contributed by atoms with E-state index in [1.54, 1.807) is 16.9 Å². The van der Waals surface area contributed by atoms with Crippen molar-refractivity contribution < 1.29 is 19.1 Å². The molecule has 8 heteroatoms. The molecule has 0 saturated heterocycles. The first-order chi connectivity index (χ1) is 18.5. The molecule has 0 saturated carbocycles. The number of pyridine rings is 1. The zero-order valence-corrected chi connectivity index (χ0v) is 21.2. The Morgan fingerprint density at radius 2 is 1.74 bits per heavy atom. The van der Waals surface area contributed by atoms with Crippen LogP contribution in [-0.4, -0.2) is 30.8 Å². The smallest absolute Gasteiger partial charge is 0.311 e. The van der Waals surface area contributed by atoms with Crippen molar-refractivity contribution in [3.05, 3.63) is 108 Å². The Morgan fingerprint density at radius 3 is 2.37 bits per heavy atom. The number of nitrogens with zero attached hydrogens (tertiary/aromatic N) is 4. The average molecular weight is 509 g/mol. The van der Waals surface area contributed by atoms with E-state index in [2.05, 4.69) is 9.97 Å². The van der Waals surface area contributed by atoms with Crippen LogP contribution < -0.4 is 4.74 Å². The molecule has 5 aromatic rings. The van der Waals surface area contributed by atoms with Crippen LogP contribution in [0.5, 0.6) is 5.88 Å². The number of benzene rings is 2. The lowest BCUT2D eigenvalue weighted by Gasteiger charge is -2.09. The minimum atomic E-state index is -0.856. The van der Waals surface area contributed by atoms with Gasteiger partial charge in [-0.1, -0.05) is 61.5 Å². The Balaban J connectivity index is 1.29. The number of oxazole rings is 1. The second-order valence-electron chi connectivity index (χ2n) is 8.98. The van der Waals surface area contributed by atoms with Gasteiger partial charge in [0.15, 0.2) is 0 Å². The van der Waals surface area contributed by atoms with Crippen LogP contribution in [0.2, 0.25) is 0 Å². The highest BCUT2D eigenvalue weighted by molar-refractivity contribution is 5.79. The Labute approximate surface area is 220 Å². The van der Waals surface area contributed by atoms with Crippen molar-refractivity contribution in [3.63, 3.8) is 0 Å². The van der Waals surface area contributed by atoms with Gasteiger partial charge in [0.05, 0.1) is 18.2 Å². The molecule has 0 aliphatic carbocycles. The summed E-state index contributed by atoms with van der Waals surface area (Å²) in [6.07, 6.45) is 4.04. The molecule has 38 heavy (non-hydrogen) atoms. The molecular formula is C30H28N4O4. The molecule has 1 atom stereocenters. The highest BCUT2D eigenvalue weighted by Crippen LogP contribution is 2.31. The van der Waals surface area contributed by atoms with Gasteiger partial charge in [-0.05, 0) is 31.0 Å². The number of aryl methyl sites for hydroxylation is 1. The van der Waals surface area contributed by atoms with Gasteiger partial charge in [0, 0.05) is 35.2 Å². The van der Waals surface area contributed by atoms with Crippen LogP contribution in [0.25, 0.3) is 22.7 Å². The first kappa shape index (κ1) is 25.0. The van der Waals surface area contributed by atoms with Gasteiger partial charge in [-0.2, -0.15) is 5.10 Å². The summed E-state index contributed by atoms with van der Waals surface area (Å²) >= 11 is 0. The van der Waals surface area contributed by atoms with E-state index in [0.717, 1.165) is 22.4 Å². The Hall–Kier alpha value is -4.72. The van der Waals surface area contributed by atoms with Gasteiger partial charge in [-0.3, -0.25) is 9.48 Å². The molecule has 192 valence electrons. The molecule has 8 nitrogen and oxygen atoms in total. The summed E-state index contributed by atoms with van der Waals surface area (Å²) in [6.45, 7) is 4.43. The number of aromatic nitrogens is 4. The Bertz CT molecular complexity index is 1510. The van der Waals surface area contributed by atoms with Gasteiger partial charge in [-0.15, -0.1) is 0 Å². The topological polar surface area (TPSA) is 103 Å². The highest BCUT2D eigenvalue weighted by Gasteiger charge is 2.24. The van der Waals surface area contributed by atoms with Crippen molar-refractivity contribution in [3.8, 4) is 28.6 Å². The quantitative estimate of drug-likeness (QED) is 0.243. The van der Waals surface area contributed by atoms with Crippen LogP contribution in [0.4, 0.5) is 0 Å². The van der Waals surface area contributed by atoms with Crippen molar-refractivity contribution >= 4 is 5.97 Å². The molecule has 0 radical (unpaired) electrons. The summed E-state index contributed by atoms with van der Waals surface area (Å²) < 4.78 is 13.4. The third kappa shape index (κ3) is 5.49. The molecule has 0 aliphatic heterocycles. The standard InChI is InChI=1S/C30H28N4O4/c1-3-24(30(35)36)25-18-34(33-28(25)22-10-6-4-7-11-22)17-21-14-15-27(31-16-21)37-19-26-20(2)38-29(32-26)23-12-8-5-9-13-23/h4-16,18,24H,3,17,19H2,1-2H3,(H,35,36). The third-order valence-corrected chi connectivity index (χ3v) is 6.33. The van der Waals surface area contributed by atoms with Gasteiger partial charge < -0.3 is 14.3 Å². The van der Waals surface area contributed by atoms with E-state index < -0.39 is 11.9 Å². The SMILES string of the molecule is CCC(C(=O)O)c1cn(Cc2ccc(OCc3nc(-c4ccccc4)oc3C)nc2)nc1-c1ccccc1. The van der Waals surface area contributed by atoms with Crippen molar-refractivity contribution in [2.45, 2.75) is 39.3 Å². The van der Waals surface area contributed by atoms with Crippen LogP contribution in [0.3, 0.4) is 0 Å².